The third-order valence-electron chi connectivity index (χ3n) is 5.55. The van der Waals surface area contributed by atoms with Crippen molar-refractivity contribution < 1.29 is 14.5 Å². The molecule has 0 radical (unpaired) electrons. The third kappa shape index (κ3) is 2.81. The van der Waals surface area contributed by atoms with Gasteiger partial charge in [0.05, 0.1) is 16.9 Å². The number of hydrogen-bond acceptors (Lipinski definition) is 6. The zero-order chi connectivity index (χ0) is 18.2. The van der Waals surface area contributed by atoms with Gasteiger partial charge in [-0.15, -0.1) is 0 Å². The minimum atomic E-state index is -0.612. The highest BCUT2D eigenvalue weighted by Crippen LogP contribution is 2.46. The summed E-state index contributed by atoms with van der Waals surface area (Å²) in [5.74, 6) is -0.0913. The first-order chi connectivity index (χ1) is 11.9. The number of nitrogens with one attached hydrogen (secondary N) is 1. The summed E-state index contributed by atoms with van der Waals surface area (Å²) in [6, 6.07) is 3.34. The summed E-state index contributed by atoms with van der Waals surface area (Å²) in [6.45, 7) is 8.05. The lowest BCUT2D eigenvalue weighted by molar-refractivity contribution is -0.384. The molecule has 0 spiro atoms. The molecular formula is C18H25N3O4. The van der Waals surface area contributed by atoms with Gasteiger partial charge < -0.3 is 15.0 Å². The molecule has 1 atom stereocenters. The molecule has 2 heterocycles. The molecule has 0 aliphatic carbocycles. The summed E-state index contributed by atoms with van der Waals surface area (Å²) >= 11 is 0. The molecule has 1 unspecified atom stereocenters. The van der Waals surface area contributed by atoms with Crippen LogP contribution >= 0.6 is 0 Å². The maximum atomic E-state index is 12.6. The highest BCUT2D eigenvalue weighted by atomic mass is 16.6. The summed E-state index contributed by atoms with van der Waals surface area (Å²) in [6.07, 6.45) is 1.41. The van der Waals surface area contributed by atoms with E-state index in [2.05, 4.69) is 5.32 Å². The fourth-order valence-electron chi connectivity index (χ4n) is 4.04. The lowest BCUT2D eigenvalue weighted by Crippen LogP contribution is -2.41. The fourth-order valence-corrected chi connectivity index (χ4v) is 4.04. The van der Waals surface area contributed by atoms with E-state index in [9.17, 15) is 14.9 Å². The molecule has 0 bridgehead atoms. The lowest BCUT2D eigenvalue weighted by atomic mass is 9.76. The van der Waals surface area contributed by atoms with Crippen LogP contribution in [0.2, 0.25) is 0 Å². The first-order valence-corrected chi connectivity index (χ1v) is 8.87. The Morgan fingerprint density at radius 1 is 1.48 bits per heavy atom. The number of esters is 1. The molecule has 2 aliphatic heterocycles. The molecule has 0 amide bonds. The second-order valence-electron chi connectivity index (χ2n) is 7.10. The van der Waals surface area contributed by atoms with E-state index < -0.39 is 5.41 Å². The Bertz CT molecular complexity index is 704. The van der Waals surface area contributed by atoms with Gasteiger partial charge >= 0.3 is 5.97 Å². The Balaban J connectivity index is 2.00. The minimum Gasteiger partial charge on any atom is -0.466 e. The van der Waals surface area contributed by atoms with Crippen molar-refractivity contribution in [1.29, 1.82) is 0 Å². The molecule has 1 saturated heterocycles. The van der Waals surface area contributed by atoms with Gasteiger partial charge in [-0.25, -0.2) is 0 Å². The molecule has 7 nitrogen and oxygen atoms in total. The van der Waals surface area contributed by atoms with Crippen molar-refractivity contribution >= 4 is 23.0 Å². The Morgan fingerprint density at radius 2 is 2.24 bits per heavy atom. The number of ether oxygens (including phenoxy) is 1. The number of nitro benzene ring substituents is 1. The molecule has 3 rings (SSSR count). The van der Waals surface area contributed by atoms with Gasteiger partial charge in [-0.05, 0) is 31.7 Å². The predicted octanol–water partition coefficient (Wildman–Crippen LogP) is 2.98. The second-order valence-corrected chi connectivity index (χ2v) is 7.10. The van der Waals surface area contributed by atoms with Crippen LogP contribution in [0.1, 0.15) is 32.8 Å². The van der Waals surface area contributed by atoms with E-state index >= 15 is 0 Å². The van der Waals surface area contributed by atoms with Crippen molar-refractivity contribution in [3.05, 3.63) is 27.8 Å². The summed E-state index contributed by atoms with van der Waals surface area (Å²) in [7, 11) is 0. The monoisotopic (exact) mass is 347 g/mol. The van der Waals surface area contributed by atoms with E-state index in [1.54, 1.807) is 19.1 Å². The topological polar surface area (TPSA) is 84.7 Å². The van der Waals surface area contributed by atoms with Crippen LogP contribution in [0.25, 0.3) is 0 Å². The Hall–Kier alpha value is -2.31. The van der Waals surface area contributed by atoms with E-state index in [0.717, 1.165) is 24.2 Å². The zero-order valence-electron chi connectivity index (χ0n) is 15.0. The highest BCUT2D eigenvalue weighted by molar-refractivity contribution is 5.82. The molecule has 0 aromatic heterocycles. The fraction of sp³-hybridized carbons (Fsp3) is 0.611. The number of nitro groups is 1. The quantitative estimate of drug-likeness (QED) is 0.501. The first kappa shape index (κ1) is 17.5. The van der Waals surface area contributed by atoms with Gasteiger partial charge in [-0.3, -0.25) is 14.9 Å². The maximum Gasteiger partial charge on any atom is 0.314 e. The second kappa shape index (κ2) is 6.54. The largest absolute Gasteiger partial charge is 0.466 e. The van der Waals surface area contributed by atoms with Gasteiger partial charge in [0, 0.05) is 37.0 Å². The average Bonchev–Trinajstić information content (AvgIpc) is 3.21. The lowest BCUT2D eigenvalue weighted by Gasteiger charge is -2.31. The van der Waals surface area contributed by atoms with Gasteiger partial charge in [0.15, 0.2) is 0 Å². The minimum absolute atomic E-state index is 0.102. The summed E-state index contributed by atoms with van der Waals surface area (Å²) in [4.78, 5) is 25.9. The molecular weight excluding hydrogens is 322 g/mol. The standard InChI is InChI=1S/C18H25N3O4/c1-4-25-17(22)18(12(2)3)8-10-20(11-18)16-13-7-9-19-14(13)5-6-15(16)21(23)24/h5-6,12,19H,4,7-11H2,1-3H3. The van der Waals surface area contributed by atoms with E-state index in [1.165, 1.54) is 0 Å². The molecule has 25 heavy (non-hydrogen) atoms. The van der Waals surface area contributed by atoms with Crippen LogP contribution in [-0.4, -0.2) is 37.1 Å². The number of fused-ring (bicyclic) bond motifs is 1. The van der Waals surface area contributed by atoms with Crippen LogP contribution in [-0.2, 0) is 16.0 Å². The van der Waals surface area contributed by atoms with Gasteiger partial charge in [0.1, 0.15) is 5.69 Å². The highest BCUT2D eigenvalue weighted by Gasteiger charge is 2.49. The van der Waals surface area contributed by atoms with Gasteiger partial charge in [-0.2, -0.15) is 0 Å². The first-order valence-electron chi connectivity index (χ1n) is 8.87. The smallest absolute Gasteiger partial charge is 0.314 e. The number of hydrogen-bond donors (Lipinski definition) is 1. The Morgan fingerprint density at radius 3 is 2.88 bits per heavy atom. The molecule has 1 fully saturated rings. The summed E-state index contributed by atoms with van der Waals surface area (Å²) in [5, 5.41) is 14.9. The van der Waals surface area contributed by atoms with Crippen LogP contribution in [0.15, 0.2) is 12.1 Å². The van der Waals surface area contributed by atoms with Crippen molar-refractivity contribution in [2.45, 2.75) is 33.6 Å². The van der Waals surface area contributed by atoms with E-state index in [4.69, 9.17) is 4.74 Å². The number of nitrogens with zero attached hydrogens (tertiary/aromatic N) is 2. The molecule has 1 aromatic rings. The van der Waals surface area contributed by atoms with Crippen LogP contribution in [0.3, 0.4) is 0 Å². The Kier molecular flexibility index (Phi) is 4.58. The van der Waals surface area contributed by atoms with E-state index in [-0.39, 0.29) is 22.5 Å². The van der Waals surface area contributed by atoms with Crippen molar-refractivity contribution in [1.82, 2.24) is 0 Å². The van der Waals surface area contributed by atoms with Crippen molar-refractivity contribution in [3.8, 4) is 0 Å². The molecule has 136 valence electrons. The van der Waals surface area contributed by atoms with Gasteiger partial charge in [-0.1, -0.05) is 13.8 Å². The number of benzene rings is 1. The zero-order valence-corrected chi connectivity index (χ0v) is 15.0. The predicted molar refractivity (Wildman–Crippen MR) is 96.0 cm³/mol. The number of carbonyl (C=O) groups is 1. The summed E-state index contributed by atoms with van der Waals surface area (Å²) < 4.78 is 5.33. The SMILES string of the molecule is CCOC(=O)C1(C(C)C)CCN(c2c([N+](=O)[O-])ccc3c2CCN3)C1. The van der Waals surface area contributed by atoms with Crippen LogP contribution in [0, 0.1) is 21.4 Å². The van der Waals surface area contributed by atoms with Crippen molar-refractivity contribution in [2.75, 3.05) is 36.5 Å². The van der Waals surface area contributed by atoms with Crippen LogP contribution < -0.4 is 10.2 Å². The third-order valence-corrected chi connectivity index (χ3v) is 5.55. The van der Waals surface area contributed by atoms with Gasteiger partial charge in [0.25, 0.3) is 5.69 Å². The molecule has 2 aliphatic rings. The number of anilines is 2. The number of rotatable bonds is 5. The van der Waals surface area contributed by atoms with E-state index in [1.807, 2.05) is 18.7 Å². The van der Waals surface area contributed by atoms with E-state index in [0.29, 0.717) is 31.8 Å². The van der Waals surface area contributed by atoms with Gasteiger partial charge in [0.2, 0.25) is 0 Å². The molecule has 0 saturated carbocycles. The van der Waals surface area contributed by atoms with Crippen LogP contribution in [0.5, 0.6) is 0 Å². The maximum absolute atomic E-state index is 12.6. The molecule has 7 heteroatoms. The van der Waals surface area contributed by atoms with Crippen LogP contribution in [0.4, 0.5) is 17.1 Å². The van der Waals surface area contributed by atoms with Crippen molar-refractivity contribution in [2.24, 2.45) is 11.3 Å². The summed E-state index contributed by atoms with van der Waals surface area (Å²) in [5.41, 5.74) is 2.11. The normalized spacial score (nSPS) is 22.0. The van der Waals surface area contributed by atoms with Crippen molar-refractivity contribution in [3.63, 3.8) is 0 Å². The molecule has 1 aromatic carbocycles. The Labute approximate surface area is 147 Å². The average molecular weight is 347 g/mol. The molecule has 1 N–H and O–H groups in total. The number of carbonyl (C=O) groups excluding carboxylic acids is 1.